The largest absolute Gasteiger partial charge is 0.489 e. The van der Waals surface area contributed by atoms with E-state index < -0.39 is 0 Å². The second kappa shape index (κ2) is 7.92. The molecule has 0 aromatic heterocycles. The van der Waals surface area contributed by atoms with Gasteiger partial charge < -0.3 is 10.1 Å². The van der Waals surface area contributed by atoms with Crippen molar-refractivity contribution in [3.63, 3.8) is 0 Å². The fourth-order valence-electron chi connectivity index (χ4n) is 3.01. The Morgan fingerprint density at radius 3 is 2.42 bits per heavy atom. The molecule has 2 nitrogen and oxygen atoms in total. The van der Waals surface area contributed by atoms with Gasteiger partial charge in [-0.25, -0.2) is 0 Å². The second-order valence-electron chi connectivity index (χ2n) is 7.57. The number of nitrogens with one attached hydrogen (secondary N) is 1. The summed E-state index contributed by atoms with van der Waals surface area (Å²) >= 11 is 0. The third-order valence-electron chi connectivity index (χ3n) is 5.27. The van der Waals surface area contributed by atoms with Gasteiger partial charge in [-0.1, -0.05) is 61.5 Å². The molecule has 0 unspecified atom stereocenters. The van der Waals surface area contributed by atoms with Crippen LogP contribution in [0.3, 0.4) is 0 Å². The molecule has 0 atom stereocenters. The van der Waals surface area contributed by atoms with Crippen molar-refractivity contribution in [2.75, 3.05) is 0 Å². The predicted octanol–water partition coefficient (Wildman–Crippen LogP) is 6.01. The molecule has 0 aliphatic carbocycles. The van der Waals surface area contributed by atoms with E-state index in [0.29, 0.717) is 6.61 Å². The van der Waals surface area contributed by atoms with Crippen LogP contribution in [-0.2, 0) is 13.2 Å². The summed E-state index contributed by atoms with van der Waals surface area (Å²) in [5.74, 6) is 0.964. The molecule has 0 fully saturated rings. The first-order valence-corrected chi connectivity index (χ1v) is 9.43. The summed E-state index contributed by atoms with van der Waals surface area (Å²) in [6, 6.07) is 21.2. The topological polar surface area (TPSA) is 21.3 Å². The van der Waals surface area contributed by atoms with Gasteiger partial charge in [0.2, 0.25) is 0 Å². The second-order valence-corrected chi connectivity index (χ2v) is 7.57. The smallest absolute Gasteiger partial charge is 0.124 e. The van der Waals surface area contributed by atoms with E-state index in [1.54, 1.807) is 0 Å². The van der Waals surface area contributed by atoms with Crippen LogP contribution in [0.1, 0.15) is 43.9 Å². The summed E-state index contributed by atoms with van der Waals surface area (Å²) in [7, 11) is 0. The minimum atomic E-state index is 0.101. The zero-order valence-corrected chi connectivity index (χ0v) is 16.3. The van der Waals surface area contributed by atoms with E-state index >= 15 is 0 Å². The van der Waals surface area contributed by atoms with Gasteiger partial charge in [0.25, 0.3) is 0 Å². The summed E-state index contributed by atoms with van der Waals surface area (Å²) in [4.78, 5) is 0. The molecule has 0 saturated carbocycles. The molecular weight excluding hydrogens is 318 g/mol. The van der Waals surface area contributed by atoms with Crippen LogP contribution in [-0.4, -0.2) is 5.54 Å². The molecule has 0 bridgehead atoms. The fourth-order valence-corrected chi connectivity index (χ4v) is 3.01. The van der Waals surface area contributed by atoms with Gasteiger partial charge in [-0.3, -0.25) is 0 Å². The van der Waals surface area contributed by atoms with Gasteiger partial charge in [-0.15, -0.1) is 0 Å². The van der Waals surface area contributed by atoms with Crippen LogP contribution in [0.2, 0.25) is 0 Å². The number of hydrogen-bond donors (Lipinski definition) is 1. The van der Waals surface area contributed by atoms with E-state index in [0.717, 1.165) is 18.7 Å². The van der Waals surface area contributed by atoms with Crippen LogP contribution >= 0.6 is 0 Å². The van der Waals surface area contributed by atoms with Crippen molar-refractivity contribution < 1.29 is 4.74 Å². The number of benzene rings is 3. The van der Waals surface area contributed by atoms with E-state index in [9.17, 15) is 0 Å². The highest BCUT2D eigenvalue weighted by Crippen LogP contribution is 2.29. The van der Waals surface area contributed by atoms with Gasteiger partial charge >= 0.3 is 0 Å². The Labute approximate surface area is 157 Å². The standard InChI is InChI=1S/C24H29NO/c1-5-24(3,4)25-16-22-21-13-9-8-11-19(21)14-15-23(22)26-17-20-12-7-6-10-18(20)2/h6-15,25H,5,16-17H2,1-4H3. The van der Waals surface area contributed by atoms with Gasteiger partial charge in [0.1, 0.15) is 12.4 Å². The Balaban J connectivity index is 1.91. The lowest BCUT2D eigenvalue weighted by Gasteiger charge is -2.26. The van der Waals surface area contributed by atoms with Crippen LogP contribution in [0.5, 0.6) is 5.75 Å². The quantitative estimate of drug-likeness (QED) is 0.565. The number of hydrogen-bond acceptors (Lipinski definition) is 2. The number of fused-ring (bicyclic) bond motifs is 1. The van der Waals surface area contributed by atoms with Crippen molar-refractivity contribution in [1.29, 1.82) is 0 Å². The number of aryl methyl sites for hydroxylation is 1. The van der Waals surface area contributed by atoms with Crippen LogP contribution < -0.4 is 10.1 Å². The van der Waals surface area contributed by atoms with Crippen molar-refractivity contribution in [3.8, 4) is 5.75 Å². The Hall–Kier alpha value is -2.32. The van der Waals surface area contributed by atoms with Crippen molar-refractivity contribution in [2.24, 2.45) is 0 Å². The molecule has 26 heavy (non-hydrogen) atoms. The zero-order chi connectivity index (χ0) is 18.6. The Kier molecular flexibility index (Phi) is 5.63. The lowest BCUT2D eigenvalue weighted by Crippen LogP contribution is -2.37. The van der Waals surface area contributed by atoms with Crippen molar-refractivity contribution in [2.45, 2.75) is 52.8 Å². The van der Waals surface area contributed by atoms with Crippen LogP contribution in [0, 0.1) is 6.92 Å². The molecule has 0 saturated heterocycles. The summed E-state index contributed by atoms with van der Waals surface area (Å²) in [5.41, 5.74) is 3.83. The molecule has 3 aromatic carbocycles. The maximum Gasteiger partial charge on any atom is 0.124 e. The minimum Gasteiger partial charge on any atom is -0.489 e. The van der Waals surface area contributed by atoms with Gasteiger partial charge in [-0.2, -0.15) is 0 Å². The van der Waals surface area contributed by atoms with Crippen LogP contribution in [0.15, 0.2) is 60.7 Å². The molecule has 136 valence electrons. The molecule has 0 heterocycles. The molecule has 3 rings (SSSR count). The van der Waals surface area contributed by atoms with Gasteiger partial charge in [0, 0.05) is 17.6 Å². The number of rotatable bonds is 7. The average Bonchev–Trinajstić information content (AvgIpc) is 2.66. The predicted molar refractivity (Wildman–Crippen MR) is 111 cm³/mol. The fraction of sp³-hybridized carbons (Fsp3) is 0.333. The highest BCUT2D eigenvalue weighted by atomic mass is 16.5. The summed E-state index contributed by atoms with van der Waals surface area (Å²) in [6.45, 7) is 10.2. The molecule has 0 radical (unpaired) electrons. The van der Waals surface area contributed by atoms with Crippen LogP contribution in [0.25, 0.3) is 10.8 Å². The molecule has 3 aromatic rings. The van der Waals surface area contributed by atoms with E-state index in [2.05, 4.69) is 93.7 Å². The highest BCUT2D eigenvalue weighted by Gasteiger charge is 2.16. The Morgan fingerprint density at radius 2 is 1.65 bits per heavy atom. The van der Waals surface area contributed by atoms with Gasteiger partial charge in [-0.05, 0) is 55.2 Å². The van der Waals surface area contributed by atoms with E-state index in [4.69, 9.17) is 4.74 Å². The van der Waals surface area contributed by atoms with Crippen molar-refractivity contribution in [3.05, 3.63) is 77.4 Å². The molecule has 0 aliphatic rings. The normalized spacial score (nSPS) is 11.7. The first-order chi connectivity index (χ1) is 12.5. The van der Waals surface area contributed by atoms with Crippen molar-refractivity contribution in [1.82, 2.24) is 5.32 Å². The monoisotopic (exact) mass is 347 g/mol. The Bertz CT molecular complexity index is 882. The van der Waals surface area contributed by atoms with Gasteiger partial charge in [0.15, 0.2) is 0 Å². The third kappa shape index (κ3) is 4.25. The van der Waals surface area contributed by atoms with E-state index in [1.165, 1.54) is 27.5 Å². The molecule has 1 N–H and O–H groups in total. The van der Waals surface area contributed by atoms with Gasteiger partial charge in [0.05, 0.1) is 0 Å². The van der Waals surface area contributed by atoms with E-state index in [1.807, 2.05) is 0 Å². The molecule has 0 amide bonds. The summed E-state index contributed by atoms with van der Waals surface area (Å²) < 4.78 is 6.27. The number of ether oxygens (including phenoxy) is 1. The lowest BCUT2D eigenvalue weighted by atomic mass is 9.99. The zero-order valence-electron chi connectivity index (χ0n) is 16.3. The highest BCUT2D eigenvalue weighted by molar-refractivity contribution is 5.87. The molecular formula is C24H29NO. The summed E-state index contributed by atoms with van der Waals surface area (Å²) in [5, 5.41) is 6.20. The average molecular weight is 348 g/mol. The maximum absolute atomic E-state index is 6.27. The molecule has 0 spiro atoms. The minimum absolute atomic E-state index is 0.101. The Morgan fingerprint density at radius 1 is 0.923 bits per heavy atom. The lowest BCUT2D eigenvalue weighted by molar-refractivity contribution is 0.298. The first kappa shape index (κ1) is 18.5. The molecule has 2 heteroatoms. The maximum atomic E-state index is 6.27. The van der Waals surface area contributed by atoms with Crippen LogP contribution in [0.4, 0.5) is 0 Å². The van der Waals surface area contributed by atoms with Crippen molar-refractivity contribution >= 4 is 10.8 Å². The molecule has 0 aliphatic heterocycles. The summed E-state index contributed by atoms with van der Waals surface area (Å²) in [6.07, 6.45) is 1.08. The first-order valence-electron chi connectivity index (χ1n) is 9.43. The SMILES string of the molecule is CCC(C)(C)NCc1c(OCc2ccccc2C)ccc2ccccc12. The third-order valence-corrected chi connectivity index (χ3v) is 5.27. The van der Waals surface area contributed by atoms with E-state index in [-0.39, 0.29) is 5.54 Å².